The number of halogens is 2. The highest BCUT2D eigenvalue weighted by atomic mass is 79.9. The fourth-order valence-electron chi connectivity index (χ4n) is 1.99. The van der Waals surface area contributed by atoms with Crippen LogP contribution in [0.2, 0.25) is 0 Å². The third kappa shape index (κ3) is 2.97. The molecule has 3 rings (SSSR count). The van der Waals surface area contributed by atoms with Crippen molar-refractivity contribution in [3.8, 4) is 5.69 Å². The summed E-state index contributed by atoms with van der Waals surface area (Å²) < 4.78 is 8.30. The van der Waals surface area contributed by atoms with Gasteiger partial charge in [0.25, 0.3) is 5.91 Å². The van der Waals surface area contributed by atoms with Gasteiger partial charge in [0, 0.05) is 10.0 Å². The highest BCUT2D eigenvalue weighted by molar-refractivity contribution is 9.10. The van der Waals surface area contributed by atoms with Crippen LogP contribution in [0.5, 0.6) is 0 Å². The van der Waals surface area contributed by atoms with E-state index in [0.717, 1.165) is 10.0 Å². The van der Waals surface area contributed by atoms with Crippen LogP contribution in [-0.4, -0.2) is 20.7 Å². The standard InChI is InChI=1S/C14H10Br2N4O2/c1-8-4-12(16)22-13(8)14(21)19-10-5-9(15)2-3-11(10)20-7-17-6-18-20/h2-7H,1H3,(H,19,21). The fraction of sp³-hybridized carbons (Fsp3) is 0.0714. The zero-order valence-electron chi connectivity index (χ0n) is 11.4. The molecule has 2 heterocycles. The van der Waals surface area contributed by atoms with Crippen LogP contribution in [0, 0.1) is 6.92 Å². The lowest BCUT2D eigenvalue weighted by Gasteiger charge is -2.10. The Morgan fingerprint density at radius 2 is 2.14 bits per heavy atom. The molecule has 3 aromatic rings. The van der Waals surface area contributed by atoms with Gasteiger partial charge in [-0.2, -0.15) is 5.10 Å². The number of nitrogens with one attached hydrogen (secondary N) is 1. The van der Waals surface area contributed by atoms with E-state index < -0.39 is 0 Å². The van der Waals surface area contributed by atoms with E-state index in [2.05, 4.69) is 47.3 Å². The number of hydrogen-bond donors (Lipinski definition) is 1. The number of nitrogens with zero attached hydrogens (tertiary/aromatic N) is 3. The minimum atomic E-state index is -0.331. The third-order valence-corrected chi connectivity index (χ3v) is 3.85. The van der Waals surface area contributed by atoms with Gasteiger partial charge < -0.3 is 9.73 Å². The summed E-state index contributed by atoms with van der Waals surface area (Å²) >= 11 is 6.61. The molecule has 0 fully saturated rings. The number of amides is 1. The number of carbonyl (C=O) groups excluding carboxylic acids is 1. The number of carbonyl (C=O) groups is 1. The summed E-state index contributed by atoms with van der Waals surface area (Å²) in [5, 5.41) is 6.92. The summed E-state index contributed by atoms with van der Waals surface area (Å²) in [6, 6.07) is 7.23. The largest absolute Gasteiger partial charge is 0.444 e. The van der Waals surface area contributed by atoms with Gasteiger partial charge >= 0.3 is 0 Å². The molecule has 8 heteroatoms. The molecular weight excluding hydrogens is 416 g/mol. The number of benzene rings is 1. The Kier molecular flexibility index (Phi) is 4.12. The summed E-state index contributed by atoms with van der Waals surface area (Å²) in [6.07, 6.45) is 3.00. The zero-order chi connectivity index (χ0) is 15.7. The van der Waals surface area contributed by atoms with Gasteiger partial charge in [-0.25, -0.2) is 9.67 Å². The number of furan rings is 1. The van der Waals surface area contributed by atoms with E-state index in [1.54, 1.807) is 23.1 Å². The Labute approximate surface area is 142 Å². The van der Waals surface area contributed by atoms with Crippen LogP contribution >= 0.6 is 31.9 Å². The molecule has 1 aromatic carbocycles. The first kappa shape index (κ1) is 15.0. The van der Waals surface area contributed by atoms with Gasteiger partial charge in [-0.05, 0) is 47.1 Å². The predicted molar refractivity (Wildman–Crippen MR) is 88.2 cm³/mol. The van der Waals surface area contributed by atoms with Crippen LogP contribution in [-0.2, 0) is 0 Å². The van der Waals surface area contributed by atoms with Gasteiger partial charge in [-0.3, -0.25) is 4.79 Å². The van der Waals surface area contributed by atoms with Crippen molar-refractivity contribution in [2.75, 3.05) is 5.32 Å². The average Bonchev–Trinajstić information content (AvgIpc) is 3.08. The molecule has 22 heavy (non-hydrogen) atoms. The van der Waals surface area contributed by atoms with E-state index in [4.69, 9.17) is 4.42 Å². The van der Waals surface area contributed by atoms with Crippen molar-refractivity contribution in [2.24, 2.45) is 0 Å². The molecule has 112 valence electrons. The zero-order valence-corrected chi connectivity index (χ0v) is 14.6. The van der Waals surface area contributed by atoms with Crippen LogP contribution in [0.25, 0.3) is 5.69 Å². The van der Waals surface area contributed by atoms with Gasteiger partial charge in [-0.15, -0.1) is 0 Å². The first-order valence-corrected chi connectivity index (χ1v) is 7.85. The number of hydrogen-bond acceptors (Lipinski definition) is 4. The molecule has 0 radical (unpaired) electrons. The van der Waals surface area contributed by atoms with E-state index in [1.165, 1.54) is 6.33 Å². The fourth-order valence-corrected chi connectivity index (χ4v) is 2.85. The van der Waals surface area contributed by atoms with E-state index >= 15 is 0 Å². The minimum Gasteiger partial charge on any atom is -0.444 e. The summed E-state index contributed by atoms with van der Waals surface area (Å²) in [7, 11) is 0. The predicted octanol–water partition coefficient (Wildman–Crippen LogP) is 3.95. The lowest BCUT2D eigenvalue weighted by atomic mass is 10.2. The maximum atomic E-state index is 12.4. The maximum Gasteiger partial charge on any atom is 0.291 e. The third-order valence-electron chi connectivity index (χ3n) is 2.97. The summed E-state index contributed by atoms with van der Waals surface area (Å²) in [5.74, 6) is -0.0703. The molecule has 0 unspecified atom stereocenters. The van der Waals surface area contributed by atoms with Crippen molar-refractivity contribution < 1.29 is 9.21 Å². The average molecular weight is 426 g/mol. The summed E-state index contributed by atoms with van der Waals surface area (Å²) in [6.45, 7) is 1.81. The van der Waals surface area contributed by atoms with Crippen molar-refractivity contribution >= 4 is 43.5 Å². The molecule has 1 N–H and O–H groups in total. The quantitative estimate of drug-likeness (QED) is 0.689. The Hall–Kier alpha value is -1.93. The van der Waals surface area contributed by atoms with Gasteiger partial charge in [0.2, 0.25) is 0 Å². The first-order chi connectivity index (χ1) is 10.5. The number of rotatable bonds is 3. The Bertz CT molecular complexity index is 827. The van der Waals surface area contributed by atoms with Gasteiger partial charge in [-0.1, -0.05) is 15.9 Å². The topological polar surface area (TPSA) is 73.0 Å². The van der Waals surface area contributed by atoms with Crippen molar-refractivity contribution in [1.82, 2.24) is 14.8 Å². The molecule has 0 spiro atoms. The minimum absolute atomic E-state index is 0.261. The monoisotopic (exact) mass is 424 g/mol. The molecule has 0 aliphatic carbocycles. The summed E-state index contributed by atoms with van der Waals surface area (Å²) in [4.78, 5) is 16.3. The first-order valence-electron chi connectivity index (χ1n) is 6.26. The summed E-state index contributed by atoms with van der Waals surface area (Å²) in [5.41, 5.74) is 2.05. The van der Waals surface area contributed by atoms with Crippen molar-refractivity contribution in [2.45, 2.75) is 6.92 Å². The van der Waals surface area contributed by atoms with Crippen molar-refractivity contribution in [3.63, 3.8) is 0 Å². The normalized spacial score (nSPS) is 10.7. The molecule has 2 aromatic heterocycles. The molecule has 0 aliphatic rings. The number of aryl methyl sites for hydroxylation is 1. The van der Waals surface area contributed by atoms with Crippen LogP contribution in [0.15, 0.2) is 50.5 Å². The highest BCUT2D eigenvalue weighted by Gasteiger charge is 2.17. The Morgan fingerprint density at radius 1 is 1.32 bits per heavy atom. The second kappa shape index (κ2) is 6.05. The van der Waals surface area contributed by atoms with E-state index in [0.29, 0.717) is 16.0 Å². The Balaban J connectivity index is 1.96. The van der Waals surface area contributed by atoms with Crippen LogP contribution in [0.1, 0.15) is 16.1 Å². The molecule has 1 amide bonds. The molecule has 6 nitrogen and oxygen atoms in total. The molecule has 0 bridgehead atoms. The molecular formula is C14H10Br2N4O2. The van der Waals surface area contributed by atoms with E-state index in [-0.39, 0.29) is 11.7 Å². The number of anilines is 1. The van der Waals surface area contributed by atoms with E-state index in [1.807, 2.05) is 19.1 Å². The van der Waals surface area contributed by atoms with Crippen LogP contribution in [0.4, 0.5) is 5.69 Å². The lowest BCUT2D eigenvalue weighted by Crippen LogP contribution is -2.14. The molecule has 0 aliphatic heterocycles. The van der Waals surface area contributed by atoms with Gasteiger partial charge in [0.1, 0.15) is 12.7 Å². The highest BCUT2D eigenvalue weighted by Crippen LogP contribution is 2.26. The van der Waals surface area contributed by atoms with Crippen LogP contribution < -0.4 is 5.32 Å². The van der Waals surface area contributed by atoms with Crippen LogP contribution in [0.3, 0.4) is 0 Å². The number of aromatic nitrogens is 3. The second-order valence-electron chi connectivity index (χ2n) is 4.52. The molecule has 0 saturated heterocycles. The SMILES string of the molecule is Cc1cc(Br)oc1C(=O)Nc1cc(Br)ccc1-n1cncn1. The molecule has 0 atom stereocenters. The lowest BCUT2D eigenvalue weighted by molar-refractivity contribution is 0.0994. The van der Waals surface area contributed by atoms with Gasteiger partial charge in [0.15, 0.2) is 10.4 Å². The van der Waals surface area contributed by atoms with Crippen molar-refractivity contribution in [3.05, 3.63) is 57.4 Å². The molecule has 0 saturated carbocycles. The second-order valence-corrected chi connectivity index (χ2v) is 6.22. The maximum absolute atomic E-state index is 12.4. The van der Waals surface area contributed by atoms with Gasteiger partial charge in [0.05, 0.1) is 11.4 Å². The van der Waals surface area contributed by atoms with E-state index in [9.17, 15) is 4.79 Å². The van der Waals surface area contributed by atoms with Crippen molar-refractivity contribution in [1.29, 1.82) is 0 Å². The Morgan fingerprint density at radius 3 is 2.77 bits per heavy atom. The smallest absolute Gasteiger partial charge is 0.291 e.